The average Bonchev–Trinajstić information content (AvgIpc) is 3.07. The van der Waals surface area contributed by atoms with Crippen molar-refractivity contribution in [1.82, 2.24) is 9.48 Å². The Labute approximate surface area is 300 Å². The lowest BCUT2D eigenvalue weighted by molar-refractivity contribution is 0.0793. The highest BCUT2D eigenvalue weighted by Crippen LogP contribution is 2.46. The van der Waals surface area contributed by atoms with Crippen molar-refractivity contribution < 1.29 is 4.79 Å². The Morgan fingerprint density at radius 2 is 1.62 bits per heavy atom. The van der Waals surface area contributed by atoms with Gasteiger partial charge in [-0.2, -0.15) is 0 Å². The summed E-state index contributed by atoms with van der Waals surface area (Å²) in [6, 6.07) is 13.7. The molecule has 3 aromatic carbocycles. The molecule has 0 aromatic heterocycles. The number of nitrogens with zero attached hydrogens (tertiary/aromatic N) is 3. The number of hydrogen-bond donors (Lipinski definition) is 0. The van der Waals surface area contributed by atoms with E-state index in [1.54, 1.807) is 21.5 Å². The largest absolute Gasteiger partial charge is 0.362 e. The second-order valence-electron chi connectivity index (χ2n) is 17.4. The maximum absolute atomic E-state index is 14.4. The number of benzene rings is 3. The molecule has 0 spiro atoms. The first-order valence-electron chi connectivity index (χ1n) is 19.3. The van der Waals surface area contributed by atoms with Crippen LogP contribution in [-0.2, 0) is 12.8 Å². The molecule has 0 unspecified atom stereocenters. The van der Waals surface area contributed by atoms with Crippen LogP contribution in [0.15, 0.2) is 48.6 Å². The summed E-state index contributed by atoms with van der Waals surface area (Å²) in [5.74, 6) is 0.123. The third-order valence-electron chi connectivity index (χ3n) is 12.7. The second-order valence-corrected chi connectivity index (χ2v) is 21.7. The Bertz CT molecular complexity index is 2200. The topological polar surface area (TPSA) is 26.6 Å². The van der Waals surface area contributed by atoms with Crippen molar-refractivity contribution in [3.63, 3.8) is 0 Å². The predicted octanol–water partition coefficient (Wildman–Crippen LogP) is 6.52. The van der Waals surface area contributed by atoms with Gasteiger partial charge >= 0.3 is 0 Å². The van der Waals surface area contributed by atoms with Crippen LogP contribution in [0, 0.1) is 0 Å². The summed E-state index contributed by atoms with van der Waals surface area (Å²) in [6.07, 6.45) is 11.6. The molecule has 0 N–H and O–H groups in total. The zero-order valence-corrected chi connectivity index (χ0v) is 33.2. The van der Waals surface area contributed by atoms with E-state index in [2.05, 4.69) is 120 Å². The van der Waals surface area contributed by atoms with E-state index in [0.29, 0.717) is 0 Å². The average molecular weight is 683 g/mol. The van der Waals surface area contributed by atoms with Gasteiger partial charge in [0.05, 0.1) is 5.54 Å². The maximum Gasteiger partial charge on any atom is 0.254 e. The van der Waals surface area contributed by atoms with Gasteiger partial charge in [-0.15, -0.1) is 0 Å². The van der Waals surface area contributed by atoms with Crippen molar-refractivity contribution >= 4 is 46.8 Å². The first kappa shape index (κ1) is 33.4. The van der Waals surface area contributed by atoms with Crippen LogP contribution in [0.4, 0.5) is 5.69 Å². The number of carbonyl (C=O) groups is 1. The van der Waals surface area contributed by atoms with Gasteiger partial charge in [-0.05, 0) is 127 Å². The number of rotatable bonds is 5. The maximum atomic E-state index is 14.4. The van der Waals surface area contributed by atoms with Gasteiger partial charge in [-0.1, -0.05) is 50.7 Å². The van der Waals surface area contributed by atoms with Crippen LogP contribution in [0.3, 0.4) is 0 Å². The number of anilines is 1. The van der Waals surface area contributed by atoms with Gasteiger partial charge in [0.15, 0.2) is 5.54 Å². The van der Waals surface area contributed by atoms with Crippen molar-refractivity contribution in [3.8, 4) is 0 Å². The highest BCUT2D eigenvalue weighted by molar-refractivity contribution is 7.02. The Balaban J connectivity index is 1.57. The van der Waals surface area contributed by atoms with Gasteiger partial charge in [0, 0.05) is 68.3 Å². The molecule has 5 heterocycles. The molecule has 0 atom stereocenters. The van der Waals surface area contributed by atoms with Gasteiger partial charge in [0.2, 0.25) is 5.36 Å². The van der Waals surface area contributed by atoms with Gasteiger partial charge < -0.3 is 9.80 Å². The van der Waals surface area contributed by atoms with E-state index in [0.717, 1.165) is 56.4 Å². The highest BCUT2D eigenvalue weighted by atomic mass is 28.3. The van der Waals surface area contributed by atoms with Crippen molar-refractivity contribution in [2.24, 2.45) is 0 Å². The Kier molecular flexibility index (Phi) is 7.62. The van der Waals surface area contributed by atoms with Crippen LogP contribution in [0.5, 0.6) is 0 Å². The van der Waals surface area contributed by atoms with Crippen LogP contribution >= 0.6 is 0 Å². The minimum Gasteiger partial charge on any atom is -0.362 e. The Morgan fingerprint density at radius 3 is 2.38 bits per heavy atom. The van der Waals surface area contributed by atoms with E-state index >= 15 is 0 Å². The van der Waals surface area contributed by atoms with Crippen molar-refractivity contribution in [1.29, 1.82) is 0 Å². The lowest BCUT2D eigenvalue weighted by Crippen LogP contribution is -2.68. The van der Waals surface area contributed by atoms with Gasteiger partial charge in [-0.3, -0.25) is 4.79 Å². The summed E-state index contributed by atoms with van der Waals surface area (Å²) in [4.78, 5) is 19.1. The minimum atomic E-state index is -2.28. The molecule has 3 aromatic rings. The lowest BCUT2D eigenvalue weighted by atomic mass is 9.80. The van der Waals surface area contributed by atoms with Gasteiger partial charge in [0.25, 0.3) is 5.91 Å². The number of amides is 1. The van der Waals surface area contributed by atoms with E-state index in [1.165, 1.54) is 62.5 Å². The van der Waals surface area contributed by atoms with E-state index < -0.39 is 8.07 Å². The highest BCUT2D eigenvalue weighted by Gasteiger charge is 2.47. The van der Waals surface area contributed by atoms with Gasteiger partial charge in [0.1, 0.15) is 14.6 Å². The standard InChI is InChI=1S/C45H56N3OSi/c1-11-12-21-46(8)43(49)31-18-14-13-17-30(31)38-36-24-34-28(2)26-44(4,5)47-22-15-19-32(39(34)47)41(36)50(9,10)42-33-20-16-23-48-40(33)35(25-37(38)42)29(3)27-45(48,6)7/h13-14,17-18,24-27H,11-12,15-16,19-23H2,1-10H3/q+1. The third-order valence-corrected chi connectivity index (χ3v) is 16.4. The van der Waals surface area contributed by atoms with Crippen LogP contribution in [0.2, 0.25) is 13.1 Å². The smallest absolute Gasteiger partial charge is 0.254 e. The van der Waals surface area contributed by atoms with Crippen molar-refractivity contribution in [2.45, 2.75) is 111 Å². The molecule has 0 fully saturated rings. The number of unbranched alkanes of at least 4 members (excludes halogenated alkanes) is 1. The molecule has 8 rings (SSSR count). The molecule has 50 heavy (non-hydrogen) atoms. The van der Waals surface area contributed by atoms with E-state index in [1.807, 2.05) is 11.9 Å². The molecule has 0 aliphatic carbocycles. The van der Waals surface area contributed by atoms with Crippen LogP contribution < -0.4 is 30.4 Å². The summed E-state index contributed by atoms with van der Waals surface area (Å²) in [7, 11) is -0.296. The quantitative estimate of drug-likeness (QED) is 0.226. The van der Waals surface area contributed by atoms with Crippen LogP contribution in [0.25, 0.3) is 16.7 Å². The Hall–Kier alpha value is -3.70. The summed E-state index contributed by atoms with van der Waals surface area (Å²) in [5.41, 5.74) is 14.7. The van der Waals surface area contributed by atoms with Crippen LogP contribution in [-0.4, -0.2) is 56.6 Å². The molecule has 5 aliphatic rings. The molecule has 0 saturated carbocycles. The Morgan fingerprint density at radius 1 is 0.900 bits per heavy atom. The first-order chi connectivity index (χ1) is 23.7. The van der Waals surface area contributed by atoms with E-state index in [4.69, 9.17) is 0 Å². The summed E-state index contributed by atoms with van der Waals surface area (Å²) >= 11 is 0. The van der Waals surface area contributed by atoms with E-state index in [9.17, 15) is 4.79 Å². The fourth-order valence-corrected chi connectivity index (χ4v) is 14.7. The fourth-order valence-electron chi connectivity index (χ4n) is 10.7. The molecule has 5 heteroatoms. The predicted molar refractivity (Wildman–Crippen MR) is 214 cm³/mol. The van der Waals surface area contributed by atoms with E-state index in [-0.39, 0.29) is 17.0 Å². The lowest BCUT2D eigenvalue weighted by Gasteiger charge is -2.49. The fraction of sp³-hybridized carbons (Fsp3) is 0.467. The van der Waals surface area contributed by atoms with Crippen LogP contribution in [0.1, 0.15) is 118 Å². The number of allylic oxidation sites excluding steroid dienone is 2. The molecule has 0 saturated heterocycles. The zero-order chi connectivity index (χ0) is 35.5. The SMILES string of the molecule is CCCCN(C)C(=O)c1ccccc1C1=c2cc3c4c(c2[Si](C)(C)c2c1cc1c5c2CCCN5C(C)(C)C=C1C)CCC[N+]=4C(C)(C)C=C3C. The number of carbonyl (C=O) groups excluding carboxylic acids is 1. The third kappa shape index (κ3) is 4.67. The molecular weight excluding hydrogens is 627 g/mol. The minimum absolute atomic E-state index is 0.0194. The molecule has 0 radical (unpaired) electrons. The molecular formula is C45H56N3OSi+. The van der Waals surface area contributed by atoms with Crippen molar-refractivity contribution in [3.05, 3.63) is 98.1 Å². The molecule has 0 bridgehead atoms. The first-order valence-corrected chi connectivity index (χ1v) is 22.3. The second kappa shape index (κ2) is 11.4. The monoisotopic (exact) mass is 682 g/mol. The van der Waals surface area contributed by atoms with Crippen molar-refractivity contribution in [2.75, 3.05) is 31.6 Å². The molecule has 5 aliphatic heterocycles. The van der Waals surface area contributed by atoms with Gasteiger partial charge in [-0.25, -0.2) is 4.58 Å². The molecule has 1 amide bonds. The summed E-state index contributed by atoms with van der Waals surface area (Å²) < 4.78 is 2.71. The summed E-state index contributed by atoms with van der Waals surface area (Å²) in [5, 5.41) is 6.10. The summed E-state index contributed by atoms with van der Waals surface area (Å²) in [6.45, 7) is 24.7. The normalized spacial score (nSPS) is 20.2. The zero-order valence-electron chi connectivity index (χ0n) is 32.2. The molecule has 260 valence electrons. The molecule has 4 nitrogen and oxygen atoms in total. The number of fused-ring (bicyclic) bond motifs is 4. The number of hydrogen-bond acceptors (Lipinski definition) is 2.